The summed E-state index contributed by atoms with van der Waals surface area (Å²) in [6, 6.07) is 92.6. The Balaban J connectivity index is 0.000000189. The first kappa shape index (κ1) is 91.7. The van der Waals surface area contributed by atoms with Crippen LogP contribution in [0.4, 0.5) is 91.0 Å². The standard InChI is InChI=1S/C28H23N5O.C20H19N3O.C18H14N4O3.C12H12N2.C10H9N2.C6H6N2O2.3ClH/c1-33-17-14-22(15-18-33)30-23-5-4-6-24(19-23)32-28(34)20-9-11-21(12-10-20)31-27-13-16-29-26-8-3-2-7-25(26)27;1-15-6-8-16(9-7-15)20(24)22-19-5-3-4-18(14-19)21-17-10-12-23(2)13-11-17;23-18(13-4-6-17(7-5-13)22(24)25)21-16-3-1-2-15(12-16)20-14-8-10-19-11-9-14;1-10-3-2-4-12(9-10)14-11-5-7-13-8-6-11;1-2-8-12(9-3-1)10-4-6-11-7-5-10;7-5-2-1-3-6(4-5)8(9)10;;;/h2-19H,1H3,(H2,29,31,32,34);3-14H,1-2H3,(H,22,24);1-12H,(H,19,20)(H,21,23);2-9H,1H3,(H,13,14);1-9H;1-4H,7H2;3*1H/q;;;;+1;;;;/p-1. The van der Waals surface area contributed by atoms with E-state index in [1.807, 2.05) is 302 Å². The summed E-state index contributed by atoms with van der Waals surface area (Å²) in [6.45, 7) is 4.08. The molecular weight excluding hydrogens is 1600 g/mol. The number of nitrogens with one attached hydrogen (secondary N) is 8. The Kier molecular flexibility index (Phi) is 35.6. The fourth-order valence-electron chi connectivity index (χ4n) is 11.3. The number of para-hydroxylation sites is 1. The molecule has 25 nitrogen and oxygen atoms in total. The van der Waals surface area contributed by atoms with Crippen LogP contribution in [0.5, 0.6) is 0 Å². The molecule has 28 heteroatoms. The van der Waals surface area contributed by atoms with Crippen LogP contribution in [0.2, 0.25) is 0 Å². The number of hydrogen-bond donors (Lipinski definition) is 9. The predicted molar refractivity (Wildman–Crippen MR) is 470 cm³/mol. The smallest absolute Gasteiger partial charge is 0.271 e. The van der Waals surface area contributed by atoms with Crippen molar-refractivity contribution >= 4 is 120 Å². The maximum atomic E-state index is 12.8. The van der Waals surface area contributed by atoms with Gasteiger partial charge in [-0.3, -0.25) is 54.5 Å². The quantitative estimate of drug-likeness (QED) is 0.0157. The Morgan fingerprint density at radius 3 is 1.15 bits per heavy atom. The zero-order valence-electron chi connectivity index (χ0n) is 66.5. The summed E-state index contributed by atoms with van der Waals surface area (Å²) in [5.74, 6) is -0.611. The van der Waals surface area contributed by atoms with Crippen LogP contribution in [-0.4, -0.2) is 47.5 Å². The number of benzene rings is 9. The van der Waals surface area contributed by atoms with Gasteiger partial charge in [-0.1, -0.05) is 78.4 Å². The summed E-state index contributed by atoms with van der Waals surface area (Å²) in [7, 11) is 3.95. The number of carbonyl (C=O) groups excluding carboxylic acids is 3. The highest BCUT2D eigenvalue weighted by Gasteiger charge is 2.14. The molecule has 9 aromatic carbocycles. The topological polar surface area (TPSA) is 323 Å². The summed E-state index contributed by atoms with van der Waals surface area (Å²) in [5, 5.41) is 47.1. The Bertz CT molecular complexity index is 5970. The minimum absolute atomic E-state index is 0. The molecule has 0 aliphatic carbocycles. The van der Waals surface area contributed by atoms with Crippen molar-refractivity contribution < 1.29 is 75.2 Å². The molecule has 0 radical (unpaired) electrons. The van der Waals surface area contributed by atoms with Crippen LogP contribution >= 0.6 is 0 Å². The van der Waals surface area contributed by atoms with E-state index in [-0.39, 0.29) is 66.3 Å². The predicted octanol–water partition coefficient (Wildman–Crippen LogP) is 10.3. The SMILES string of the molecule is C[n+]1ccc(Nc2cccc(NC(=O)c3ccc(Nc4ccnc5ccccc45)cc3)c2)cc1.Cc1ccc(C(=O)Nc2cccc(Nc3cc[n+](C)cc3)c2)cc1.Cc1cccc(Nc2ccncc2)c1.Nc1cccc([N+](=O)[O-])c1.O=C(Nc1cccc(Nc2ccncc2)c1)c1ccc([N+](=O)[O-])cc1.[Cl-].[Cl-].[Cl-].c1cc[n+](-c2ccncc2)cc1. The summed E-state index contributed by atoms with van der Waals surface area (Å²) in [4.78, 5) is 73.4. The number of amides is 3. The second-order valence-corrected chi connectivity index (χ2v) is 26.5. The molecule has 0 spiro atoms. The van der Waals surface area contributed by atoms with Crippen LogP contribution in [0.3, 0.4) is 0 Å². The van der Waals surface area contributed by atoms with E-state index in [0.29, 0.717) is 28.1 Å². The molecule has 3 amide bonds. The normalized spacial score (nSPS) is 9.87. The number of pyridine rings is 7. The third-order valence-corrected chi connectivity index (χ3v) is 17.3. The third-order valence-electron chi connectivity index (χ3n) is 17.3. The van der Waals surface area contributed by atoms with E-state index in [9.17, 15) is 34.6 Å². The molecule has 0 atom stereocenters. The first-order valence-electron chi connectivity index (χ1n) is 37.4. The van der Waals surface area contributed by atoms with Crippen molar-refractivity contribution in [1.29, 1.82) is 0 Å². The summed E-state index contributed by atoms with van der Waals surface area (Å²) >= 11 is 0. The van der Waals surface area contributed by atoms with Gasteiger partial charge in [-0.15, -0.1) is 0 Å². The lowest BCUT2D eigenvalue weighted by molar-refractivity contribution is -0.671. The number of nitrogens with two attached hydrogens (primary N) is 1. The fraction of sp³-hybridized carbons (Fsp3) is 0.0426. The molecule has 0 saturated carbocycles. The Morgan fingerprint density at radius 1 is 0.328 bits per heavy atom. The van der Waals surface area contributed by atoms with Crippen LogP contribution < -0.4 is 99.2 Å². The van der Waals surface area contributed by atoms with Gasteiger partial charge in [0, 0.05) is 206 Å². The summed E-state index contributed by atoms with van der Waals surface area (Å²) in [5.41, 5.74) is 23.3. The van der Waals surface area contributed by atoms with Crippen molar-refractivity contribution in [3.63, 3.8) is 0 Å². The van der Waals surface area contributed by atoms with Crippen LogP contribution in [0.25, 0.3) is 16.6 Å². The Morgan fingerprint density at radius 2 is 0.713 bits per heavy atom. The number of fused-ring (bicyclic) bond motifs is 1. The van der Waals surface area contributed by atoms with E-state index in [2.05, 4.69) is 81.5 Å². The van der Waals surface area contributed by atoms with Gasteiger partial charge in [0.2, 0.25) is 5.69 Å². The van der Waals surface area contributed by atoms with Gasteiger partial charge in [-0.05, 0) is 177 Å². The minimum Gasteiger partial charge on any atom is -1.00 e. The lowest BCUT2D eigenvalue weighted by Gasteiger charge is -2.11. The van der Waals surface area contributed by atoms with Gasteiger partial charge in [0.1, 0.15) is 14.1 Å². The molecule has 0 saturated heterocycles. The average Bonchev–Trinajstić information content (AvgIpc) is 0.831. The van der Waals surface area contributed by atoms with Gasteiger partial charge in [0.25, 0.3) is 29.1 Å². The highest BCUT2D eigenvalue weighted by atomic mass is 35.5. The number of anilines is 14. The molecule has 0 aliphatic rings. The molecular formula is C94H85Cl3N18O7. The van der Waals surface area contributed by atoms with Crippen molar-refractivity contribution in [2.24, 2.45) is 14.1 Å². The molecule has 10 N–H and O–H groups in total. The van der Waals surface area contributed by atoms with Crippen molar-refractivity contribution in [2.75, 3.05) is 48.3 Å². The largest absolute Gasteiger partial charge is 1.00 e. The number of nitro benzene ring substituents is 2. The highest BCUT2D eigenvalue weighted by molar-refractivity contribution is 6.06. The first-order chi connectivity index (χ1) is 57.9. The zero-order valence-corrected chi connectivity index (χ0v) is 68.7. The monoisotopic (exact) mass is 1680 g/mol. The number of nitrogens with zero attached hydrogens (tertiary/aromatic N) is 9. The lowest BCUT2D eigenvalue weighted by Crippen LogP contribution is -3.00. The van der Waals surface area contributed by atoms with E-state index < -0.39 is 9.85 Å². The maximum absolute atomic E-state index is 12.8. The molecule has 0 bridgehead atoms. The highest BCUT2D eigenvalue weighted by Crippen LogP contribution is 2.28. The van der Waals surface area contributed by atoms with Crippen molar-refractivity contribution in [1.82, 2.24) is 19.9 Å². The lowest BCUT2D eigenvalue weighted by atomic mass is 10.1. The molecule has 16 aromatic rings. The summed E-state index contributed by atoms with van der Waals surface area (Å²) < 4.78 is 5.99. The van der Waals surface area contributed by atoms with Gasteiger partial charge in [0.15, 0.2) is 37.2 Å². The number of non-ortho nitro benzene ring substituents is 2. The van der Waals surface area contributed by atoms with Gasteiger partial charge in [0.05, 0.1) is 26.7 Å². The maximum Gasteiger partial charge on any atom is 0.271 e. The number of carbonyl (C=O) groups is 3. The number of aryl methyl sites for hydroxylation is 4. The van der Waals surface area contributed by atoms with Gasteiger partial charge < -0.3 is 85.5 Å². The van der Waals surface area contributed by atoms with E-state index in [4.69, 9.17) is 5.73 Å². The van der Waals surface area contributed by atoms with E-state index in [0.717, 1.165) is 90.4 Å². The Hall–Kier alpha value is -15.8. The average molecular weight is 1690 g/mol. The molecule has 614 valence electrons. The van der Waals surface area contributed by atoms with Crippen LogP contribution in [0, 0.1) is 34.1 Å². The van der Waals surface area contributed by atoms with Gasteiger partial charge in [-0.25, -0.2) is 9.13 Å². The fourth-order valence-corrected chi connectivity index (χ4v) is 11.3. The zero-order chi connectivity index (χ0) is 83.5. The second-order valence-electron chi connectivity index (χ2n) is 26.5. The molecule has 0 unspecified atom stereocenters. The number of nitrogen functional groups attached to an aromatic ring is 1. The number of halogens is 3. The van der Waals surface area contributed by atoms with E-state index in [1.54, 1.807) is 67.6 Å². The third kappa shape index (κ3) is 29.7. The first-order valence-corrected chi connectivity index (χ1v) is 37.4. The van der Waals surface area contributed by atoms with Gasteiger partial charge >= 0.3 is 0 Å². The molecule has 0 fully saturated rings. The van der Waals surface area contributed by atoms with Crippen molar-refractivity contribution in [3.05, 3.63) is 432 Å². The number of nitro groups is 2. The number of aromatic nitrogens is 7. The minimum atomic E-state index is -0.504. The van der Waals surface area contributed by atoms with Crippen LogP contribution in [-0.2, 0) is 14.1 Å². The molecule has 0 aliphatic heterocycles. The number of rotatable bonds is 19. The molecule has 7 heterocycles. The van der Waals surface area contributed by atoms with Crippen molar-refractivity contribution in [3.8, 4) is 5.69 Å². The van der Waals surface area contributed by atoms with Crippen molar-refractivity contribution in [2.45, 2.75) is 13.8 Å². The second kappa shape index (κ2) is 47.4. The van der Waals surface area contributed by atoms with Gasteiger partial charge in [-0.2, -0.15) is 4.57 Å². The van der Waals surface area contributed by atoms with E-state index in [1.165, 1.54) is 42.0 Å². The molecule has 7 aromatic heterocycles. The summed E-state index contributed by atoms with van der Waals surface area (Å²) in [6.07, 6.45) is 24.2. The molecule has 122 heavy (non-hydrogen) atoms. The molecule has 16 rings (SSSR count). The van der Waals surface area contributed by atoms with Crippen LogP contribution in [0.1, 0.15) is 42.2 Å². The van der Waals surface area contributed by atoms with Crippen LogP contribution in [0.15, 0.2) is 384 Å². The number of hydrogen-bond acceptors (Lipinski definition) is 17. The Labute approximate surface area is 724 Å². The van der Waals surface area contributed by atoms with E-state index >= 15 is 0 Å².